The van der Waals surface area contributed by atoms with Crippen molar-refractivity contribution in [3.8, 4) is 0 Å². The fourth-order valence-electron chi connectivity index (χ4n) is 2.79. The van der Waals surface area contributed by atoms with E-state index in [0.717, 1.165) is 32.5 Å². The highest BCUT2D eigenvalue weighted by atomic mass is 16.5. The van der Waals surface area contributed by atoms with E-state index in [1.54, 1.807) is 0 Å². The zero-order valence-corrected chi connectivity index (χ0v) is 11.7. The number of hydrogen-bond acceptors (Lipinski definition) is 5. The lowest BCUT2D eigenvalue weighted by molar-refractivity contribution is -0.149. The summed E-state index contributed by atoms with van der Waals surface area (Å²) in [5, 5.41) is 0. The lowest BCUT2D eigenvalue weighted by Crippen LogP contribution is -2.62. The van der Waals surface area contributed by atoms with Crippen molar-refractivity contribution in [1.29, 1.82) is 0 Å². The number of methoxy groups -OCH3 is 1. The summed E-state index contributed by atoms with van der Waals surface area (Å²) in [4.78, 5) is 16.6. The summed E-state index contributed by atoms with van der Waals surface area (Å²) in [6.45, 7) is 5.81. The van der Waals surface area contributed by atoms with Gasteiger partial charge in [0.15, 0.2) is 0 Å². The molecule has 1 heterocycles. The van der Waals surface area contributed by atoms with Crippen molar-refractivity contribution in [3.05, 3.63) is 0 Å². The Balaban J connectivity index is 1.99. The first-order valence-electron chi connectivity index (χ1n) is 6.77. The van der Waals surface area contributed by atoms with E-state index in [1.807, 2.05) is 0 Å². The van der Waals surface area contributed by atoms with Crippen molar-refractivity contribution in [3.63, 3.8) is 0 Å². The lowest BCUT2D eigenvalue weighted by Gasteiger charge is -2.41. The summed E-state index contributed by atoms with van der Waals surface area (Å²) in [5.41, 5.74) is 5.54. The van der Waals surface area contributed by atoms with E-state index < -0.39 is 5.54 Å². The quantitative estimate of drug-likeness (QED) is 0.711. The van der Waals surface area contributed by atoms with Crippen LogP contribution in [0.2, 0.25) is 0 Å². The lowest BCUT2D eigenvalue weighted by atomic mass is 9.93. The van der Waals surface area contributed by atoms with E-state index in [0.29, 0.717) is 18.5 Å². The Morgan fingerprint density at radius 3 is 2.61 bits per heavy atom. The second-order valence-electron chi connectivity index (χ2n) is 5.87. The molecule has 0 amide bonds. The maximum absolute atomic E-state index is 12.0. The number of nitrogens with two attached hydrogens (primary N) is 1. The Morgan fingerprint density at radius 2 is 2.11 bits per heavy atom. The monoisotopic (exact) mass is 255 g/mol. The van der Waals surface area contributed by atoms with Crippen molar-refractivity contribution in [1.82, 2.24) is 9.80 Å². The predicted molar refractivity (Wildman–Crippen MR) is 70.2 cm³/mol. The van der Waals surface area contributed by atoms with Gasteiger partial charge >= 0.3 is 5.97 Å². The molecular weight excluding hydrogens is 230 g/mol. The molecule has 2 N–H and O–H groups in total. The molecule has 5 nitrogen and oxygen atoms in total. The van der Waals surface area contributed by atoms with Crippen LogP contribution < -0.4 is 5.73 Å². The average molecular weight is 255 g/mol. The van der Waals surface area contributed by atoms with Crippen LogP contribution in [0.15, 0.2) is 0 Å². The molecular formula is C13H25N3O2. The van der Waals surface area contributed by atoms with Gasteiger partial charge in [0.25, 0.3) is 0 Å². The molecule has 2 atom stereocenters. The van der Waals surface area contributed by atoms with Gasteiger partial charge in [-0.15, -0.1) is 0 Å². The van der Waals surface area contributed by atoms with Crippen molar-refractivity contribution >= 4 is 5.97 Å². The van der Waals surface area contributed by atoms with Crippen LogP contribution in [-0.4, -0.2) is 67.7 Å². The molecule has 104 valence electrons. The second kappa shape index (κ2) is 5.15. The van der Waals surface area contributed by atoms with Crippen LogP contribution in [0, 0.1) is 5.92 Å². The van der Waals surface area contributed by atoms with E-state index >= 15 is 0 Å². The number of piperazine rings is 1. The Bertz CT molecular complexity index is 319. The van der Waals surface area contributed by atoms with Gasteiger partial charge in [0.1, 0.15) is 5.54 Å². The minimum atomic E-state index is -0.801. The molecule has 5 heteroatoms. The molecule has 1 aliphatic heterocycles. The van der Waals surface area contributed by atoms with Crippen molar-refractivity contribution in [2.75, 3.05) is 40.3 Å². The Labute approximate surface area is 109 Å². The molecule has 2 fully saturated rings. The fraction of sp³-hybridized carbons (Fsp3) is 0.923. The first-order valence-corrected chi connectivity index (χ1v) is 6.77. The molecule has 0 radical (unpaired) electrons. The van der Waals surface area contributed by atoms with Crippen LogP contribution in [0.4, 0.5) is 0 Å². The number of carbonyl (C=O) groups excluding carboxylic acids is 1. The van der Waals surface area contributed by atoms with Crippen LogP contribution in [-0.2, 0) is 9.53 Å². The summed E-state index contributed by atoms with van der Waals surface area (Å²) < 4.78 is 4.91. The third-order valence-electron chi connectivity index (χ3n) is 4.40. The number of likely N-dealkylation sites (N-methyl/N-ethyl adjacent to an activating group) is 1. The normalized spacial score (nSPS) is 29.9. The van der Waals surface area contributed by atoms with Gasteiger partial charge in [-0.3, -0.25) is 9.69 Å². The Hall–Kier alpha value is -0.650. The van der Waals surface area contributed by atoms with Crippen molar-refractivity contribution in [2.45, 2.75) is 31.3 Å². The summed E-state index contributed by atoms with van der Waals surface area (Å²) in [7, 11) is 3.57. The molecule has 0 spiro atoms. The Morgan fingerprint density at radius 1 is 1.44 bits per heavy atom. The molecule has 0 aromatic heterocycles. The SMILES string of the molecule is COC(=O)C(N)(CN1CCN(C)C(C)C1)C1CC1. The van der Waals surface area contributed by atoms with Crippen LogP contribution in [0.3, 0.4) is 0 Å². The van der Waals surface area contributed by atoms with E-state index in [9.17, 15) is 4.79 Å². The highest BCUT2D eigenvalue weighted by Crippen LogP contribution is 2.39. The van der Waals surface area contributed by atoms with Gasteiger partial charge in [0.05, 0.1) is 7.11 Å². The van der Waals surface area contributed by atoms with Gasteiger partial charge < -0.3 is 15.4 Å². The van der Waals surface area contributed by atoms with E-state index in [-0.39, 0.29) is 5.97 Å². The summed E-state index contributed by atoms with van der Waals surface area (Å²) in [6.07, 6.45) is 2.10. The van der Waals surface area contributed by atoms with Crippen LogP contribution in [0.5, 0.6) is 0 Å². The van der Waals surface area contributed by atoms with Crippen molar-refractivity contribution < 1.29 is 9.53 Å². The molecule has 0 aromatic carbocycles. The number of esters is 1. The molecule has 2 rings (SSSR count). The maximum atomic E-state index is 12.0. The van der Waals surface area contributed by atoms with Gasteiger partial charge in [-0.05, 0) is 32.7 Å². The third-order valence-corrected chi connectivity index (χ3v) is 4.40. The third kappa shape index (κ3) is 2.68. The zero-order valence-electron chi connectivity index (χ0n) is 11.7. The number of ether oxygens (including phenoxy) is 1. The largest absolute Gasteiger partial charge is 0.468 e. The van der Waals surface area contributed by atoms with Gasteiger partial charge in [-0.2, -0.15) is 0 Å². The molecule has 2 unspecified atom stereocenters. The maximum Gasteiger partial charge on any atom is 0.327 e. The van der Waals surface area contributed by atoms with Crippen LogP contribution >= 0.6 is 0 Å². The standard InChI is InChI=1S/C13H25N3O2/c1-10-8-16(7-6-15(10)2)9-13(14,11-4-5-11)12(17)18-3/h10-11H,4-9,14H2,1-3H3. The molecule has 1 saturated heterocycles. The number of rotatable bonds is 4. The smallest absolute Gasteiger partial charge is 0.327 e. The van der Waals surface area contributed by atoms with E-state index in [4.69, 9.17) is 10.5 Å². The average Bonchev–Trinajstić information content (AvgIpc) is 3.17. The minimum absolute atomic E-state index is 0.253. The van der Waals surface area contributed by atoms with Gasteiger partial charge in [0, 0.05) is 32.2 Å². The molecule has 1 aliphatic carbocycles. The highest BCUT2D eigenvalue weighted by Gasteiger charge is 2.50. The van der Waals surface area contributed by atoms with Gasteiger partial charge in [-0.1, -0.05) is 0 Å². The zero-order chi connectivity index (χ0) is 13.3. The van der Waals surface area contributed by atoms with Gasteiger partial charge in [-0.25, -0.2) is 0 Å². The number of carbonyl (C=O) groups is 1. The first kappa shape index (κ1) is 13.8. The minimum Gasteiger partial charge on any atom is -0.468 e. The molecule has 0 aromatic rings. The van der Waals surface area contributed by atoms with Crippen molar-refractivity contribution in [2.24, 2.45) is 11.7 Å². The summed E-state index contributed by atoms with van der Waals surface area (Å²) in [6, 6.07) is 0.514. The molecule has 18 heavy (non-hydrogen) atoms. The topological polar surface area (TPSA) is 58.8 Å². The van der Waals surface area contributed by atoms with Crippen LogP contribution in [0.1, 0.15) is 19.8 Å². The number of nitrogens with zero attached hydrogens (tertiary/aromatic N) is 2. The second-order valence-corrected chi connectivity index (χ2v) is 5.87. The van der Waals surface area contributed by atoms with E-state index in [1.165, 1.54) is 7.11 Å². The first-order chi connectivity index (χ1) is 8.47. The summed E-state index contributed by atoms with van der Waals surface area (Å²) in [5.74, 6) is 0.0523. The highest BCUT2D eigenvalue weighted by molar-refractivity contribution is 5.81. The fourth-order valence-corrected chi connectivity index (χ4v) is 2.79. The molecule has 1 saturated carbocycles. The molecule has 0 bridgehead atoms. The molecule has 2 aliphatic rings. The summed E-state index contributed by atoms with van der Waals surface area (Å²) >= 11 is 0. The predicted octanol–water partition coefficient (Wildman–Crippen LogP) is -0.0972. The Kier molecular flexibility index (Phi) is 3.94. The number of hydrogen-bond donors (Lipinski definition) is 1. The van der Waals surface area contributed by atoms with Crippen LogP contribution in [0.25, 0.3) is 0 Å². The van der Waals surface area contributed by atoms with E-state index in [2.05, 4.69) is 23.8 Å². The van der Waals surface area contributed by atoms with Gasteiger partial charge in [0.2, 0.25) is 0 Å².